The van der Waals surface area contributed by atoms with E-state index >= 15 is 0 Å². The standard InChI is InChI=1S/C20H24N2O3/c1-20(24)9-11-22(14-17(20)12-15-6-4-3-5-7-15)19(23)16-8-10-21-18(13-16)25-2/h3-8,10,13,17,24H,9,11-12,14H2,1-2H3/t17-,20+/m1/s1. The summed E-state index contributed by atoms with van der Waals surface area (Å²) in [5.41, 5.74) is 0.960. The van der Waals surface area contributed by atoms with Gasteiger partial charge in [-0.15, -0.1) is 0 Å². The molecule has 0 unspecified atom stereocenters. The Morgan fingerprint density at radius 3 is 2.84 bits per heavy atom. The second-order valence-electron chi connectivity index (χ2n) is 6.83. The average Bonchev–Trinajstić information content (AvgIpc) is 2.64. The quantitative estimate of drug-likeness (QED) is 0.929. The Kier molecular flexibility index (Phi) is 5.04. The fourth-order valence-electron chi connectivity index (χ4n) is 3.32. The second-order valence-corrected chi connectivity index (χ2v) is 6.83. The maximum Gasteiger partial charge on any atom is 0.254 e. The number of aliphatic hydroxyl groups is 1. The number of rotatable bonds is 4. The van der Waals surface area contributed by atoms with Crippen molar-refractivity contribution in [3.63, 3.8) is 0 Å². The van der Waals surface area contributed by atoms with Crippen molar-refractivity contribution in [2.45, 2.75) is 25.4 Å². The SMILES string of the molecule is COc1cc(C(=O)N2CC[C@](C)(O)[C@H](Cc3ccccc3)C2)ccn1. The van der Waals surface area contributed by atoms with E-state index in [0.717, 1.165) is 6.42 Å². The molecule has 2 aromatic rings. The average molecular weight is 340 g/mol. The molecule has 25 heavy (non-hydrogen) atoms. The first kappa shape index (κ1) is 17.4. The van der Waals surface area contributed by atoms with Crippen LogP contribution < -0.4 is 4.74 Å². The number of carbonyl (C=O) groups excluding carboxylic acids is 1. The molecule has 1 aromatic heterocycles. The molecular formula is C20H24N2O3. The molecule has 0 radical (unpaired) electrons. The molecule has 1 aliphatic rings. The molecule has 1 aromatic carbocycles. The molecule has 1 saturated heterocycles. The van der Waals surface area contributed by atoms with E-state index in [2.05, 4.69) is 17.1 Å². The van der Waals surface area contributed by atoms with Crippen molar-refractivity contribution < 1.29 is 14.6 Å². The van der Waals surface area contributed by atoms with Crippen LogP contribution >= 0.6 is 0 Å². The molecule has 132 valence electrons. The Labute approximate surface area is 148 Å². The number of likely N-dealkylation sites (tertiary alicyclic amines) is 1. The van der Waals surface area contributed by atoms with Crippen molar-refractivity contribution in [1.29, 1.82) is 0 Å². The highest BCUT2D eigenvalue weighted by molar-refractivity contribution is 5.94. The Balaban J connectivity index is 1.76. The van der Waals surface area contributed by atoms with E-state index in [4.69, 9.17) is 4.74 Å². The Bertz CT molecular complexity index is 731. The molecule has 1 aliphatic heterocycles. The number of nitrogens with zero attached hydrogens (tertiary/aromatic N) is 2. The highest BCUT2D eigenvalue weighted by Crippen LogP contribution is 2.31. The van der Waals surface area contributed by atoms with Gasteiger partial charge in [-0.1, -0.05) is 30.3 Å². The van der Waals surface area contributed by atoms with E-state index in [1.54, 1.807) is 18.3 Å². The Hall–Kier alpha value is -2.40. The molecule has 1 N–H and O–H groups in total. The Morgan fingerprint density at radius 2 is 2.12 bits per heavy atom. The molecule has 3 rings (SSSR count). The molecule has 2 heterocycles. The predicted molar refractivity (Wildman–Crippen MR) is 95.6 cm³/mol. The lowest BCUT2D eigenvalue weighted by Crippen LogP contribution is -2.52. The van der Waals surface area contributed by atoms with Crippen molar-refractivity contribution >= 4 is 5.91 Å². The first-order valence-electron chi connectivity index (χ1n) is 8.55. The number of methoxy groups -OCH3 is 1. The van der Waals surface area contributed by atoms with Crippen molar-refractivity contribution in [1.82, 2.24) is 9.88 Å². The van der Waals surface area contributed by atoms with Gasteiger partial charge in [0.2, 0.25) is 5.88 Å². The third-order valence-electron chi connectivity index (χ3n) is 5.01. The van der Waals surface area contributed by atoms with Gasteiger partial charge in [-0.2, -0.15) is 0 Å². The van der Waals surface area contributed by atoms with Gasteiger partial charge < -0.3 is 14.7 Å². The fourth-order valence-corrected chi connectivity index (χ4v) is 3.32. The number of benzene rings is 1. The summed E-state index contributed by atoms with van der Waals surface area (Å²) < 4.78 is 5.10. The van der Waals surface area contributed by atoms with Crippen LogP contribution in [0.2, 0.25) is 0 Å². The van der Waals surface area contributed by atoms with Crippen LogP contribution in [-0.2, 0) is 6.42 Å². The topological polar surface area (TPSA) is 62.7 Å². The zero-order chi connectivity index (χ0) is 17.9. The molecule has 1 fully saturated rings. The summed E-state index contributed by atoms with van der Waals surface area (Å²) in [5, 5.41) is 10.8. The minimum absolute atomic E-state index is 0.00340. The van der Waals surface area contributed by atoms with Crippen molar-refractivity contribution in [3.05, 3.63) is 59.8 Å². The van der Waals surface area contributed by atoms with Crippen molar-refractivity contribution in [2.75, 3.05) is 20.2 Å². The number of ether oxygens (including phenoxy) is 1. The van der Waals surface area contributed by atoms with Gasteiger partial charge in [-0.3, -0.25) is 4.79 Å². The maximum atomic E-state index is 12.8. The number of piperidine rings is 1. The van der Waals surface area contributed by atoms with Crippen LogP contribution in [0.3, 0.4) is 0 Å². The number of hydrogen-bond donors (Lipinski definition) is 1. The van der Waals surface area contributed by atoms with Gasteiger partial charge >= 0.3 is 0 Å². The molecule has 1 amide bonds. The molecule has 0 saturated carbocycles. The third-order valence-corrected chi connectivity index (χ3v) is 5.01. The van der Waals surface area contributed by atoms with Crippen molar-refractivity contribution in [3.8, 4) is 5.88 Å². The minimum Gasteiger partial charge on any atom is -0.481 e. The van der Waals surface area contributed by atoms with Gasteiger partial charge in [0.25, 0.3) is 5.91 Å². The first-order chi connectivity index (χ1) is 12.0. The van der Waals surface area contributed by atoms with Gasteiger partial charge in [-0.05, 0) is 31.4 Å². The molecule has 5 heteroatoms. The minimum atomic E-state index is -0.775. The monoisotopic (exact) mass is 340 g/mol. The summed E-state index contributed by atoms with van der Waals surface area (Å²) >= 11 is 0. The second kappa shape index (κ2) is 7.23. The lowest BCUT2D eigenvalue weighted by atomic mass is 9.78. The molecule has 5 nitrogen and oxygen atoms in total. The fraction of sp³-hybridized carbons (Fsp3) is 0.400. The highest BCUT2D eigenvalue weighted by atomic mass is 16.5. The lowest BCUT2D eigenvalue weighted by molar-refractivity contribution is -0.0507. The number of amides is 1. The lowest BCUT2D eigenvalue weighted by Gasteiger charge is -2.43. The van der Waals surface area contributed by atoms with E-state index in [1.165, 1.54) is 12.7 Å². The van der Waals surface area contributed by atoms with E-state index < -0.39 is 5.60 Å². The van der Waals surface area contributed by atoms with Crippen LogP contribution in [0.25, 0.3) is 0 Å². The van der Waals surface area contributed by atoms with E-state index in [0.29, 0.717) is 31.0 Å². The summed E-state index contributed by atoms with van der Waals surface area (Å²) in [7, 11) is 1.53. The van der Waals surface area contributed by atoms with Gasteiger partial charge in [0.1, 0.15) is 0 Å². The zero-order valence-corrected chi connectivity index (χ0v) is 14.7. The van der Waals surface area contributed by atoms with Crippen LogP contribution in [0.4, 0.5) is 0 Å². The Morgan fingerprint density at radius 1 is 1.36 bits per heavy atom. The van der Waals surface area contributed by atoms with E-state index in [-0.39, 0.29) is 11.8 Å². The molecule has 2 atom stereocenters. The number of carbonyl (C=O) groups is 1. The van der Waals surface area contributed by atoms with E-state index in [1.807, 2.05) is 30.0 Å². The zero-order valence-electron chi connectivity index (χ0n) is 14.7. The molecular weight excluding hydrogens is 316 g/mol. The van der Waals surface area contributed by atoms with Crippen LogP contribution in [0, 0.1) is 5.92 Å². The molecule has 0 spiro atoms. The van der Waals surface area contributed by atoms with E-state index in [9.17, 15) is 9.90 Å². The maximum absolute atomic E-state index is 12.8. The normalized spacial score (nSPS) is 23.3. The number of pyridine rings is 1. The van der Waals surface area contributed by atoms with Crippen LogP contribution in [-0.4, -0.2) is 46.7 Å². The van der Waals surface area contributed by atoms with Crippen molar-refractivity contribution in [2.24, 2.45) is 5.92 Å². The van der Waals surface area contributed by atoms with Crippen LogP contribution in [0.1, 0.15) is 29.3 Å². The highest BCUT2D eigenvalue weighted by Gasteiger charge is 2.39. The largest absolute Gasteiger partial charge is 0.481 e. The summed E-state index contributed by atoms with van der Waals surface area (Å²) in [6.45, 7) is 2.95. The third kappa shape index (κ3) is 3.99. The first-order valence-corrected chi connectivity index (χ1v) is 8.55. The van der Waals surface area contributed by atoms with Crippen LogP contribution in [0.15, 0.2) is 48.7 Å². The van der Waals surface area contributed by atoms with Crippen LogP contribution in [0.5, 0.6) is 5.88 Å². The summed E-state index contributed by atoms with van der Waals surface area (Å²) in [6.07, 6.45) is 2.89. The smallest absolute Gasteiger partial charge is 0.254 e. The van der Waals surface area contributed by atoms with Gasteiger partial charge in [0.15, 0.2) is 0 Å². The summed E-state index contributed by atoms with van der Waals surface area (Å²) in [6, 6.07) is 13.5. The molecule has 0 aliphatic carbocycles. The van der Waals surface area contributed by atoms with Gasteiger partial charge in [0, 0.05) is 36.8 Å². The number of aromatic nitrogens is 1. The summed E-state index contributed by atoms with van der Waals surface area (Å²) in [5.74, 6) is 0.376. The predicted octanol–water partition coefficient (Wildman–Crippen LogP) is 2.55. The van der Waals surface area contributed by atoms with Gasteiger partial charge in [-0.25, -0.2) is 4.98 Å². The molecule has 0 bridgehead atoms. The number of hydrogen-bond acceptors (Lipinski definition) is 4. The van der Waals surface area contributed by atoms with Gasteiger partial charge in [0.05, 0.1) is 12.7 Å². The summed E-state index contributed by atoms with van der Waals surface area (Å²) in [4.78, 5) is 18.7.